The Morgan fingerprint density at radius 2 is 1.94 bits per heavy atom. The van der Waals surface area contributed by atoms with E-state index in [-0.39, 0.29) is 5.97 Å². The average molecular weight is 236 g/mol. The molecule has 4 heteroatoms. The van der Waals surface area contributed by atoms with Crippen LogP contribution in [-0.4, -0.2) is 33.2 Å². The Balaban J connectivity index is 2.35. The first-order valence-corrected chi connectivity index (χ1v) is 5.80. The topological polar surface area (TPSA) is 41.6 Å². The van der Waals surface area contributed by atoms with Crippen molar-refractivity contribution < 1.29 is 9.53 Å². The zero-order chi connectivity index (χ0) is 12.7. The van der Waals surface area contributed by atoms with Crippen molar-refractivity contribution in [3.8, 4) is 0 Å². The van der Waals surface area contributed by atoms with Crippen LogP contribution in [-0.2, 0) is 9.53 Å². The van der Waals surface area contributed by atoms with Crippen LogP contribution >= 0.6 is 0 Å². The molecule has 1 aromatic carbocycles. The summed E-state index contributed by atoms with van der Waals surface area (Å²) < 4.78 is 4.84. The Hall–Kier alpha value is -1.71. The molecule has 0 aliphatic carbocycles. The van der Waals surface area contributed by atoms with Crippen LogP contribution in [0.2, 0.25) is 0 Å². The second kappa shape index (κ2) is 6.78. The van der Waals surface area contributed by atoms with Crippen molar-refractivity contribution in [2.45, 2.75) is 13.3 Å². The monoisotopic (exact) mass is 236 g/mol. The maximum atomic E-state index is 11.1. The van der Waals surface area contributed by atoms with Crippen LogP contribution in [0.3, 0.4) is 0 Å². The third-order valence-electron chi connectivity index (χ3n) is 2.35. The van der Waals surface area contributed by atoms with Gasteiger partial charge in [0, 0.05) is 32.0 Å². The van der Waals surface area contributed by atoms with Crippen LogP contribution in [0.25, 0.3) is 0 Å². The molecule has 1 rings (SSSR count). The molecule has 0 saturated heterocycles. The van der Waals surface area contributed by atoms with E-state index < -0.39 is 0 Å². The number of carbonyl (C=O) groups excluding carboxylic acids is 1. The predicted molar refractivity (Wildman–Crippen MR) is 70.5 cm³/mol. The summed E-state index contributed by atoms with van der Waals surface area (Å²) in [6, 6.07) is 8.07. The summed E-state index contributed by atoms with van der Waals surface area (Å²) in [5.41, 5.74) is 2.17. The first kappa shape index (κ1) is 13.4. The number of esters is 1. The molecule has 0 atom stereocenters. The van der Waals surface area contributed by atoms with Crippen molar-refractivity contribution in [1.29, 1.82) is 0 Å². The number of ether oxygens (including phenoxy) is 1. The van der Waals surface area contributed by atoms with Crippen LogP contribution in [0, 0.1) is 0 Å². The van der Waals surface area contributed by atoms with Gasteiger partial charge in [-0.15, -0.1) is 0 Å². The lowest BCUT2D eigenvalue weighted by Crippen LogP contribution is -2.11. The van der Waals surface area contributed by atoms with E-state index in [9.17, 15) is 4.79 Å². The lowest BCUT2D eigenvalue weighted by atomic mass is 10.2. The SMILES string of the molecule is CCOC(=O)CCNc1ccc(N(C)C)cc1. The van der Waals surface area contributed by atoms with Gasteiger partial charge in [0.1, 0.15) is 0 Å². The standard InChI is InChI=1S/C13H20N2O2/c1-4-17-13(16)9-10-14-11-5-7-12(8-6-11)15(2)3/h5-8,14H,4,9-10H2,1-3H3. The number of nitrogens with one attached hydrogen (secondary N) is 1. The fourth-order valence-corrected chi connectivity index (χ4v) is 1.42. The first-order valence-electron chi connectivity index (χ1n) is 5.80. The molecule has 0 aliphatic heterocycles. The zero-order valence-corrected chi connectivity index (χ0v) is 10.7. The highest BCUT2D eigenvalue weighted by Crippen LogP contribution is 2.15. The molecule has 1 aromatic rings. The maximum absolute atomic E-state index is 11.1. The van der Waals surface area contributed by atoms with E-state index in [1.807, 2.05) is 50.2 Å². The summed E-state index contributed by atoms with van der Waals surface area (Å²) in [6.45, 7) is 2.85. The van der Waals surface area contributed by atoms with E-state index in [4.69, 9.17) is 4.74 Å². The van der Waals surface area contributed by atoms with Gasteiger partial charge in [0.15, 0.2) is 0 Å². The Kier molecular flexibility index (Phi) is 5.33. The van der Waals surface area contributed by atoms with Gasteiger partial charge in [-0.3, -0.25) is 4.79 Å². The van der Waals surface area contributed by atoms with E-state index in [0.29, 0.717) is 19.6 Å². The minimum Gasteiger partial charge on any atom is -0.466 e. The third-order valence-corrected chi connectivity index (χ3v) is 2.35. The van der Waals surface area contributed by atoms with Gasteiger partial charge < -0.3 is 15.0 Å². The molecule has 94 valence electrons. The molecule has 0 amide bonds. The van der Waals surface area contributed by atoms with Crippen LogP contribution in [0.5, 0.6) is 0 Å². The van der Waals surface area contributed by atoms with Crippen molar-refractivity contribution >= 4 is 17.3 Å². The molecule has 0 bridgehead atoms. The molecule has 0 heterocycles. The summed E-state index contributed by atoms with van der Waals surface area (Å²) in [6.07, 6.45) is 0.392. The predicted octanol–water partition coefficient (Wildman–Crippen LogP) is 2.12. The Bertz CT molecular complexity index is 347. The largest absolute Gasteiger partial charge is 0.466 e. The Labute approximate surface area is 103 Å². The van der Waals surface area contributed by atoms with Gasteiger partial charge in [0.25, 0.3) is 0 Å². The highest BCUT2D eigenvalue weighted by molar-refractivity contribution is 5.70. The minimum atomic E-state index is -0.162. The quantitative estimate of drug-likeness (QED) is 0.768. The number of rotatable bonds is 6. The van der Waals surface area contributed by atoms with Gasteiger partial charge in [-0.2, -0.15) is 0 Å². The van der Waals surface area contributed by atoms with Gasteiger partial charge in [-0.1, -0.05) is 0 Å². The van der Waals surface area contributed by atoms with E-state index in [0.717, 1.165) is 11.4 Å². The lowest BCUT2D eigenvalue weighted by Gasteiger charge is -2.13. The van der Waals surface area contributed by atoms with Gasteiger partial charge in [0.05, 0.1) is 13.0 Å². The molecule has 4 nitrogen and oxygen atoms in total. The van der Waals surface area contributed by atoms with Gasteiger partial charge in [-0.05, 0) is 31.2 Å². The van der Waals surface area contributed by atoms with E-state index in [1.54, 1.807) is 0 Å². The molecule has 0 spiro atoms. The van der Waals surface area contributed by atoms with Gasteiger partial charge in [-0.25, -0.2) is 0 Å². The second-order valence-electron chi connectivity index (χ2n) is 3.92. The van der Waals surface area contributed by atoms with E-state index in [2.05, 4.69) is 5.32 Å². The second-order valence-corrected chi connectivity index (χ2v) is 3.92. The zero-order valence-electron chi connectivity index (χ0n) is 10.7. The van der Waals surface area contributed by atoms with Crippen molar-refractivity contribution in [1.82, 2.24) is 0 Å². The lowest BCUT2D eigenvalue weighted by molar-refractivity contribution is -0.142. The van der Waals surface area contributed by atoms with Gasteiger partial charge in [0.2, 0.25) is 0 Å². The Morgan fingerprint density at radius 1 is 1.29 bits per heavy atom. The highest BCUT2D eigenvalue weighted by atomic mass is 16.5. The first-order chi connectivity index (χ1) is 8.13. The minimum absolute atomic E-state index is 0.162. The molecule has 0 radical (unpaired) electrons. The molecule has 0 unspecified atom stereocenters. The number of carbonyl (C=O) groups is 1. The smallest absolute Gasteiger partial charge is 0.307 e. The summed E-state index contributed by atoms with van der Waals surface area (Å²) in [5, 5.41) is 3.18. The van der Waals surface area contributed by atoms with Crippen molar-refractivity contribution in [2.24, 2.45) is 0 Å². The summed E-state index contributed by atoms with van der Waals surface area (Å²) in [7, 11) is 4.01. The molecule has 0 saturated carbocycles. The fraction of sp³-hybridized carbons (Fsp3) is 0.462. The van der Waals surface area contributed by atoms with E-state index in [1.165, 1.54) is 0 Å². The third kappa shape index (κ3) is 4.76. The number of anilines is 2. The van der Waals surface area contributed by atoms with Crippen LogP contribution < -0.4 is 10.2 Å². The summed E-state index contributed by atoms with van der Waals surface area (Å²) >= 11 is 0. The van der Waals surface area contributed by atoms with Crippen molar-refractivity contribution in [3.05, 3.63) is 24.3 Å². The summed E-state index contributed by atoms with van der Waals surface area (Å²) in [4.78, 5) is 13.2. The molecule has 0 fully saturated rings. The molecule has 0 aliphatic rings. The van der Waals surface area contributed by atoms with Crippen LogP contribution in [0.4, 0.5) is 11.4 Å². The molecule has 17 heavy (non-hydrogen) atoms. The molecular weight excluding hydrogens is 216 g/mol. The number of nitrogens with zero attached hydrogens (tertiary/aromatic N) is 1. The van der Waals surface area contributed by atoms with Gasteiger partial charge >= 0.3 is 5.97 Å². The Morgan fingerprint density at radius 3 is 2.47 bits per heavy atom. The van der Waals surface area contributed by atoms with Crippen LogP contribution in [0.1, 0.15) is 13.3 Å². The number of benzene rings is 1. The molecule has 1 N–H and O–H groups in total. The summed E-state index contributed by atoms with van der Waals surface area (Å²) in [5.74, 6) is -0.162. The van der Waals surface area contributed by atoms with Crippen LogP contribution in [0.15, 0.2) is 24.3 Å². The number of hydrogen-bond acceptors (Lipinski definition) is 4. The van der Waals surface area contributed by atoms with E-state index >= 15 is 0 Å². The van der Waals surface area contributed by atoms with Crippen molar-refractivity contribution in [2.75, 3.05) is 37.5 Å². The molecule has 0 aromatic heterocycles. The highest BCUT2D eigenvalue weighted by Gasteiger charge is 2.01. The normalized spacial score (nSPS) is 9.82. The van der Waals surface area contributed by atoms with Crippen molar-refractivity contribution in [3.63, 3.8) is 0 Å². The fourth-order valence-electron chi connectivity index (χ4n) is 1.42. The maximum Gasteiger partial charge on any atom is 0.307 e. The average Bonchev–Trinajstić information content (AvgIpc) is 2.30. The number of hydrogen-bond donors (Lipinski definition) is 1. The molecular formula is C13H20N2O2.